The van der Waals surface area contributed by atoms with Crippen LogP contribution < -0.4 is 5.48 Å². The zero-order valence-electron chi connectivity index (χ0n) is 10.9. The Morgan fingerprint density at radius 1 is 1.24 bits per heavy atom. The topological polar surface area (TPSA) is 78.0 Å². The smallest absolute Gasteiger partial charge is 0.274 e. The second-order valence-corrected chi connectivity index (χ2v) is 4.48. The molecule has 5 heteroatoms. The Labute approximate surface area is 120 Å². The number of fused-ring (bicyclic) bond motifs is 1. The Kier molecular flexibility index (Phi) is 3.14. The largest absolute Gasteiger partial charge is 0.338 e. The van der Waals surface area contributed by atoms with E-state index in [2.05, 4.69) is 15.9 Å². The zero-order valence-corrected chi connectivity index (χ0v) is 10.9. The second kappa shape index (κ2) is 5.12. The van der Waals surface area contributed by atoms with E-state index < -0.39 is 5.91 Å². The monoisotopic (exact) mass is 277 g/mol. The number of carbonyl (C=O) groups is 1. The summed E-state index contributed by atoms with van der Waals surface area (Å²) in [6, 6.07) is 12.4. The second-order valence-electron chi connectivity index (χ2n) is 4.48. The van der Waals surface area contributed by atoms with Crippen molar-refractivity contribution in [3.8, 4) is 23.7 Å². The number of nitrogens with zero attached hydrogens (tertiary/aromatic N) is 1. The highest BCUT2D eigenvalue weighted by Crippen LogP contribution is 2.21. The molecular formula is C16H11N3O2. The molecule has 0 aliphatic rings. The lowest BCUT2D eigenvalue weighted by Crippen LogP contribution is -2.18. The summed E-state index contributed by atoms with van der Waals surface area (Å²) >= 11 is 0. The van der Waals surface area contributed by atoms with Crippen LogP contribution in [0.3, 0.4) is 0 Å². The van der Waals surface area contributed by atoms with Crippen molar-refractivity contribution in [2.24, 2.45) is 0 Å². The fourth-order valence-electron chi connectivity index (χ4n) is 2.08. The first kappa shape index (κ1) is 12.9. The normalized spacial score (nSPS) is 10.3. The molecule has 0 fully saturated rings. The molecule has 1 aromatic heterocycles. The summed E-state index contributed by atoms with van der Waals surface area (Å²) in [7, 11) is 0. The lowest BCUT2D eigenvalue weighted by molar-refractivity contribution is 0.0706. The lowest BCUT2D eigenvalue weighted by Gasteiger charge is -1.97. The molecule has 1 amide bonds. The molecule has 0 unspecified atom stereocenters. The third-order valence-corrected chi connectivity index (χ3v) is 3.17. The minimum Gasteiger partial charge on any atom is -0.338 e. The predicted molar refractivity (Wildman–Crippen MR) is 78.7 cm³/mol. The summed E-state index contributed by atoms with van der Waals surface area (Å²) < 4.78 is 0. The van der Waals surface area contributed by atoms with Gasteiger partial charge in [-0.1, -0.05) is 18.1 Å². The third-order valence-electron chi connectivity index (χ3n) is 3.17. The number of imidazole rings is 1. The third kappa shape index (κ3) is 2.36. The summed E-state index contributed by atoms with van der Waals surface area (Å²) in [6.45, 7) is 0. The Hall–Kier alpha value is -3.10. The molecule has 2 aromatic carbocycles. The summed E-state index contributed by atoms with van der Waals surface area (Å²) in [4.78, 5) is 19.0. The maximum atomic E-state index is 11.4. The van der Waals surface area contributed by atoms with Gasteiger partial charge in [0.05, 0.1) is 11.0 Å². The van der Waals surface area contributed by atoms with Crippen LogP contribution in [-0.2, 0) is 0 Å². The number of carbonyl (C=O) groups excluding carboxylic acids is 1. The van der Waals surface area contributed by atoms with Gasteiger partial charge in [0, 0.05) is 16.7 Å². The van der Waals surface area contributed by atoms with Crippen LogP contribution in [0, 0.1) is 12.3 Å². The molecule has 0 atom stereocenters. The Morgan fingerprint density at radius 2 is 2.00 bits per heavy atom. The number of terminal acetylenes is 1. The van der Waals surface area contributed by atoms with Crippen molar-refractivity contribution in [1.29, 1.82) is 0 Å². The van der Waals surface area contributed by atoms with Crippen molar-refractivity contribution in [3.63, 3.8) is 0 Å². The number of aromatic amines is 1. The molecule has 0 spiro atoms. The van der Waals surface area contributed by atoms with Crippen LogP contribution >= 0.6 is 0 Å². The highest BCUT2D eigenvalue weighted by atomic mass is 16.5. The molecule has 0 saturated heterocycles. The highest BCUT2D eigenvalue weighted by molar-refractivity contribution is 5.97. The molecule has 21 heavy (non-hydrogen) atoms. The summed E-state index contributed by atoms with van der Waals surface area (Å²) in [5.74, 6) is 2.69. The van der Waals surface area contributed by atoms with Crippen LogP contribution in [-0.4, -0.2) is 21.1 Å². The molecule has 102 valence electrons. The van der Waals surface area contributed by atoms with Crippen molar-refractivity contribution in [3.05, 3.63) is 53.6 Å². The number of amides is 1. The van der Waals surface area contributed by atoms with Crippen molar-refractivity contribution >= 4 is 16.9 Å². The number of nitrogens with one attached hydrogen (secondary N) is 2. The lowest BCUT2D eigenvalue weighted by atomic mass is 10.1. The summed E-state index contributed by atoms with van der Waals surface area (Å²) in [5.41, 5.74) is 5.11. The van der Waals surface area contributed by atoms with Crippen molar-refractivity contribution in [1.82, 2.24) is 15.4 Å². The molecule has 3 N–H and O–H groups in total. The molecule has 0 saturated carbocycles. The van der Waals surface area contributed by atoms with E-state index >= 15 is 0 Å². The van der Waals surface area contributed by atoms with Gasteiger partial charge in [-0.25, -0.2) is 10.5 Å². The Bertz CT molecular complexity index is 857. The van der Waals surface area contributed by atoms with Crippen LogP contribution in [0.2, 0.25) is 0 Å². The molecule has 5 nitrogen and oxygen atoms in total. The van der Waals surface area contributed by atoms with Gasteiger partial charge < -0.3 is 4.98 Å². The molecule has 0 aliphatic heterocycles. The first-order valence-corrected chi connectivity index (χ1v) is 6.22. The number of hydrogen-bond acceptors (Lipinski definition) is 3. The SMILES string of the molecule is C#Cc1ccc(-c2nc3ccc(C(=O)NO)cc3[nH]2)cc1. The zero-order chi connectivity index (χ0) is 14.8. The fourth-order valence-corrected chi connectivity index (χ4v) is 2.08. The number of aromatic nitrogens is 2. The number of hydroxylamine groups is 1. The minimum absolute atomic E-state index is 0.350. The van der Waals surface area contributed by atoms with E-state index in [-0.39, 0.29) is 0 Å². The van der Waals surface area contributed by atoms with E-state index in [1.54, 1.807) is 23.7 Å². The summed E-state index contributed by atoms with van der Waals surface area (Å²) in [5, 5.41) is 8.65. The van der Waals surface area contributed by atoms with E-state index in [0.29, 0.717) is 16.9 Å². The maximum absolute atomic E-state index is 11.4. The van der Waals surface area contributed by atoms with Crippen LogP contribution in [0.4, 0.5) is 0 Å². The van der Waals surface area contributed by atoms with Gasteiger partial charge in [0.15, 0.2) is 0 Å². The molecule has 3 aromatic rings. The van der Waals surface area contributed by atoms with Gasteiger partial charge in [0.1, 0.15) is 5.82 Å². The first-order valence-electron chi connectivity index (χ1n) is 6.22. The number of H-pyrrole nitrogens is 1. The van der Waals surface area contributed by atoms with Gasteiger partial charge in [-0.3, -0.25) is 10.0 Å². The summed E-state index contributed by atoms with van der Waals surface area (Å²) in [6.07, 6.45) is 5.33. The van der Waals surface area contributed by atoms with Crippen LogP contribution in [0.1, 0.15) is 15.9 Å². The number of hydrogen-bond donors (Lipinski definition) is 3. The number of rotatable bonds is 2. The Morgan fingerprint density at radius 3 is 2.67 bits per heavy atom. The molecule has 0 bridgehead atoms. The average molecular weight is 277 g/mol. The fraction of sp³-hybridized carbons (Fsp3) is 0. The Balaban J connectivity index is 2.04. The predicted octanol–water partition coefficient (Wildman–Crippen LogP) is 2.33. The highest BCUT2D eigenvalue weighted by Gasteiger charge is 2.09. The maximum Gasteiger partial charge on any atom is 0.274 e. The van der Waals surface area contributed by atoms with Crippen LogP contribution in [0.5, 0.6) is 0 Å². The molecule has 0 aliphatic carbocycles. The van der Waals surface area contributed by atoms with E-state index in [1.807, 2.05) is 24.3 Å². The van der Waals surface area contributed by atoms with Gasteiger partial charge in [0.25, 0.3) is 5.91 Å². The van der Waals surface area contributed by atoms with E-state index in [1.165, 1.54) is 0 Å². The van der Waals surface area contributed by atoms with Crippen LogP contribution in [0.25, 0.3) is 22.4 Å². The van der Waals surface area contributed by atoms with Gasteiger partial charge in [0.2, 0.25) is 0 Å². The minimum atomic E-state index is -0.563. The molecule has 1 heterocycles. The van der Waals surface area contributed by atoms with E-state index in [9.17, 15) is 4.79 Å². The molecule has 3 rings (SSSR count). The van der Waals surface area contributed by atoms with Gasteiger partial charge >= 0.3 is 0 Å². The van der Waals surface area contributed by atoms with Crippen LogP contribution in [0.15, 0.2) is 42.5 Å². The van der Waals surface area contributed by atoms with E-state index in [4.69, 9.17) is 11.6 Å². The quantitative estimate of drug-likeness (QED) is 0.382. The molecular weight excluding hydrogens is 266 g/mol. The van der Waals surface area contributed by atoms with Crippen molar-refractivity contribution in [2.45, 2.75) is 0 Å². The van der Waals surface area contributed by atoms with Gasteiger partial charge in [-0.2, -0.15) is 0 Å². The van der Waals surface area contributed by atoms with Gasteiger partial charge in [-0.05, 0) is 30.3 Å². The van der Waals surface area contributed by atoms with E-state index in [0.717, 1.165) is 16.6 Å². The average Bonchev–Trinajstić information content (AvgIpc) is 2.97. The van der Waals surface area contributed by atoms with Gasteiger partial charge in [-0.15, -0.1) is 6.42 Å². The standard InChI is InChI=1S/C16H11N3O2/c1-2-10-3-5-11(6-4-10)15-17-13-8-7-12(16(20)19-21)9-14(13)18-15/h1,3-9,21H,(H,17,18)(H,19,20). The van der Waals surface area contributed by atoms with Crippen molar-refractivity contribution < 1.29 is 10.0 Å². The number of benzene rings is 2. The molecule has 0 radical (unpaired) electrons. The first-order chi connectivity index (χ1) is 10.2. The van der Waals surface area contributed by atoms with Crippen molar-refractivity contribution in [2.75, 3.05) is 0 Å².